The van der Waals surface area contributed by atoms with E-state index in [1.54, 1.807) is 31.3 Å². The van der Waals surface area contributed by atoms with Crippen LogP contribution < -0.4 is 5.32 Å². The molecule has 0 saturated heterocycles. The summed E-state index contributed by atoms with van der Waals surface area (Å²) in [5, 5.41) is 2.71. The summed E-state index contributed by atoms with van der Waals surface area (Å²) in [6, 6.07) is 9.51. The van der Waals surface area contributed by atoms with Crippen LogP contribution in [0.3, 0.4) is 0 Å². The van der Waals surface area contributed by atoms with Crippen molar-refractivity contribution in [3.8, 4) is 11.3 Å². The molecule has 1 N–H and O–H groups in total. The van der Waals surface area contributed by atoms with Gasteiger partial charge in [0, 0.05) is 24.9 Å². The molecule has 0 saturated carbocycles. The molecule has 0 aliphatic rings. The van der Waals surface area contributed by atoms with Crippen molar-refractivity contribution in [3.63, 3.8) is 0 Å². The van der Waals surface area contributed by atoms with E-state index in [-0.39, 0.29) is 28.0 Å². The maximum atomic E-state index is 13.4. The molecule has 28 heavy (non-hydrogen) atoms. The topological polar surface area (TPSA) is 59.1 Å². The number of aromatic nitrogens is 1. The minimum Gasteiger partial charge on any atom is -0.359 e. The first-order chi connectivity index (χ1) is 13.1. The minimum absolute atomic E-state index is 0.00624. The fourth-order valence-electron chi connectivity index (χ4n) is 3.13. The molecule has 0 radical (unpaired) electrons. The van der Waals surface area contributed by atoms with Gasteiger partial charge in [0.25, 0.3) is 0 Å². The second-order valence-corrected chi connectivity index (χ2v) is 8.29. The van der Waals surface area contributed by atoms with Gasteiger partial charge in [0.2, 0.25) is 5.91 Å². The number of ketones is 1. The number of hydrogen-bond donors (Lipinski definition) is 1. The minimum atomic E-state index is -0.498. The zero-order chi connectivity index (χ0) is 20.9. The van der Waals surface area contributed by atoms with Crippen molar-refractivity contribution >= 4 is 23.3 Å². The van der Waals surface area contributed by atoms with Crippen LogP contribution in [0.15, 0.2) is 36.4 Å². The molecule has 2 aromatic rings. The average Bonchev–Trinajstić information content (AvgIpc) is 2.65. The third-order valence-corrected chi connectivity index (χ3v) is 5.04. The number of nitrogens with zero attached hydrogens (tertiary/aromatic N) is 1. The highest BCUT2D eigenvalue weighted by molar-refractivity contribution is 6.31. The molecule has 0 bridgehead atoms. The van der Waals surface area contributed by atoms with Crippen molar-refractivity contribution in [2.45, 2.75) is 40.0 Å². The molecule has 0 aliphatic heterocycles. The molecular formula is C22H26ClFN2O2. The maximum absolute atomic E-state index is 13.4. The highest BCUT2D eigenvalue weighted by Crippen LogP contribution is 2.30. The van der Waals surface area contributed by atoms with Crippen LogP contribution in [0.1, 0.15) is 50.5 Å². The van der Waals surface area contributed by atoms with Gasteiger partial charge in [0.15, 0.2) is 5.78 Å². The number of pyridine rings is 1. The van der Waals surface area contributed by atoms with Crippen molar-refractivity contribution in [2.75, 3.05) is 7.05 Å². The van der Waals surface area contributed by atoms with Gasteiger partial charge in [-0.3, -0.25) is 9.59 Å². The lowest BCUT2D eigenvalue weighted by molar-refractivity contribution is -0.128. The van der Waals surface area contributed by atoms with Gasteiger partial charge in [0.1, 0.15) is 11.5 Å². The number of benzene rings is 1. The molecule has 4 nitrogen and oxygen atoms in total. The van der Waals surface area contributed by atoms with Crippen molar-refractivity contribution in [3.05, 3.63) is 52.9 Å². The lowest BCUT2D eigenvalue weighted by atomic mass is 9.77. The molecule has 1 aromatic heterocycles. The highest BCUT2D eigenvalue weighted by atomic mass is 35.5. The van der Waals surface area contributed by atoms with Crippen LogP contribution in [0.25, 0.3) is 11.3 Å². The summed E-state index contributed by atoms with van der Waals surface area (Å²) in [5.74, 6) is -0.749. The first-order valence-corrected chi connectivity index (χ1v) is 9.68. The second kappa shape index (κ2) is 9.28. The summed E-state index contributed by atoms with van der Waals surface area (Å²) in [4.78, 5) is 29.1. The van der Waals surface area contributed by atoms with Gasteiger partial charge in [-0.1, -0.05) is 38.4 Å². The molecule has 1 amide bonds. The summed E-state index contributed by atoms with van der Waals surface area (Å²) < 4.78 is 13.4. The summed E-state index contributed by atoms with van der Waals surface area (Å²) in [5.41, 5.74) is 1.38. The van der Waals surface area contributed by atoms with Crippen LogP contribution in [0.2, 0.25) is 5.02 Å². The standard InChI is InChI=1S/C22H26ClFN2O2/c1-22(2,3)15(21(28)25-4)7-5-10-20(27)19-9-6-8-18(26-19)14-11-12-17(24)16(23)13-14/h6,8-9,11-13,15H,5,7,10H2,1-4H3,(H,25,28)/t15-/m1/s1. The van der Waals surface area contributed by atoms with Crippen LogP contribution >= 0.6 is 11.6 Å². The highest BCUT2D eigenvalue weighted by Gasteiger charge is 2.30. The fourth-order valence-corrected chi connectivity index (χ4v) is 3.31. The number of rotatable bonds is 7. The molecule has 1 heterocycles. The monoisotopic (exact) mass is 404 g/mol. The Morgan fingerprint density at radius 1 is 1.21 bits per heavy atom. The van der Waals surface area contributed by atoms with Gasteiger partial charge in [0.05, 0.1) is 10.7 Å². The van der Waals surface area contributed by atoms with Gasteiger partial charge in [-0.15, -0.1) is 0 Å². The Morgan fingerprint density at radius 3 is 2.54 bits per heavy atom. The van der Waals surface area contributed by atoms with Crippen molar-refractivity contribution < 1.29 is 14.0 Å². The zero-order valence-corrected chi connectivity index (χ0v) is 17.4. The fraction of sp³-hybridized carbons (Fsp3) is 0.409. The van der Waals surface area contributed by atoms with Crippen molar-refractivity contribution in [1.82, 2.24) is 10.3 Å². The van der Waals surface area contributed by atoms with Gasteiger partial charge in [-0.05, 0) is 48.6 Å². The largest absolute Gasteiger partial charge is 0.359 e. The van der Waals surface area contributed by atoms with E-state index in [0.29, 0.717) is 36.2 Å². The summed E-state index contributed by atoms with van der Waals surface area (Å²) in [6.07, 6.45) is 1.54. The van der Waals surface area contributed by atoms with Crippen LogP contribution in [0.5, 0.6) is 0 Å². The third kappa shape index (κ3) is 5.61. The van der Waals surface area contributed by atoms with Gasteiger partial charge >= 0.3 is 0 Å². The Hall–Kier alpha value is -2.27. The summed E-state index contributed by atoms with van der Waals surface area (Å²) in [7, 11) is 1.63. The van der Waals surface area contributed by atoms with Crippen LogP contribution in [0.4, 0.5) is 4.39 Å². The molecule has 1 aromatic carbocycles. The van der Waals surface area contributed by atoms with E-state index >= 15 is 0 Å². The first kappa shape index (κ1) is 22.0. The second-order valence-electron chi connectivity index (χ2n) is 7.89. The van der Waals surface area contributed by atoms with Crippen molar-refractivity contribution in [2.24, 2.45) is 11.3 Å². The first-order valence-electron chi connectivity index (χ1n) is 9.30. The molecule has 0 fully saturated rings. The number of nitrogens with one attached hydrogen (secondary N) is 1. The average molecular weight is 405 g/mol. The Kier molecular flexibility index (Phi) is 7.30. The Labute approximate surface area is 170 Å². The maximum Gasteiger partial charge on any atom is 0.223 e. The number of Topliss-reactive ketones (excluding diaryl/α,β-unsaturated/α-hetero) is 1. The summed E-state index contributed by atoms with van der Waals surface area (Å²) in [6.45, 7) is 6.06. The lowest BCUT2D eigenvalue weighted by Crippen LogP contribution is -2.36. The molecule has 0 aliphatic carbocycles. The SMILES string of the molecule is CNC(=O)[C@@H](CCCC(=O)c1cccc(-c2ccc(F)c(Cl)c2)n1)C(C)(C)C. The Balaban J connectivity index is 2.07. The summed E-state index contributed by atoms with van der Waals surface area (Å²) >= 11 is 5.84. The smallest absolute Gasteiger partial charge is 0.223 e. The van der Waals surface area contributed by atoms with E-state index in [9.17, 15) is 14.0 Å². The number of carbonyl (C=O) groups excluding carboxylic acids is 2. The van der Waals surface area contributed by atoms with E-state index in [0.717, 1.165) is 0 Å². The third-order valence-electron chi connectivity index (χ3n) is 4.76. The normalized spacial score (nSPS) is 12.5. The number of halogens is 2. The number of carbonyl (C=O) groups is 2. The Bertz CT molecular complexity index is 862. The number of hydrogen-bond acceptors (Lipinski definition) is 3. The Morgan fingerprint density at radius 2 is 1.93 bits per heavy atom. The van der Waals surface area contributed by atoms with Crippen LogP contribution in [-0.4, -0.2) is 23.7 Å². The van der Waals surface area contributed by atoms with Gasteiger partial charge in [-0.25, -0.2) is 9.37 Å². The van der Waals surface area contributed by atoms with Crippen molar-refractivity contribution in [1.29, 1.82) is 0 Å². The van der Waals surface area contributed by atoms with Gasteiger partial charge in [-0.2, -0.15) is 0 Å². The van der Waals surface area contributed by atoms with E-state index in [1.165, 1.54) is 12.1 Å². The van der Waals surface area contributed by atoms with E-state index in [1.807, 2.05) is 20.8 Å². The zero-order valence-electron chi connectivity index (χ0n) is 16.7. The molecule has 6 heteroatoms. The van der Waals surface area contributed by atoms with Crippen LogP contribution in [0, 0.1) is 17.2 Å². The quantitative estimate of drug-likeness (QED) is 0.637. The van der Waals surface area contributed by atoms with Gasteiger partial charge < -0.3 is 5.32 Å². The molecular weight excluding hydrogens is 379 g/mol. The molecule has 0 unspecified atom stereocenters. The molecule has 0 spiro atoms. The molecule has 150 valence electrons. The lowest BCUT2D eigenvalue weighted by Gasteiger charge is -2.29. The van der Waals surface area contributed by atoms with E-state index < -0.39 is 5.82 Å². The predicted molar refractivity (Wildman–Crippen MR) is 110 cm³/mol. The number of amides is 1. The van der Waals surface area contributed by atoms with Crippen LogP contribution in [-0.2, 0) is 4.79 Å². The predicted octanol–water partition coefficient (Wildman–Crippen LogP) is 5.30. The molecule has 1 atom stereocenters. The molecule has 2 rings (SSSR count). The van der Waals surface area contributed by atoms with E-state index in [2.05, 4.69) is 10.3 Å². The van der Waals surface area contributed by atoms with E-state index in [4.69, 9.17) is 11.6 Å².